The van der Waals surface area contributed by atoms with Gasteiger partial charge < -0.3 is 10.6 Å². The second-order valence-electron chi connectivity index (χ2n) is 2.62. The van der Waals surface area contributed by atoms with Gasteiger partial charge in [0.05, 0.1) is 6.54 Å². The highest BCUT2D eigenvalue weighted by molar-refractivity contribution is 5.79. The second kappa shape index (κ2) is 2.73. The second-order valence-corrected chi connectivity index (χ2v) is 2.62. The third-order valence-electron chi connectivity index (χ3n) is 1.43. The summed E-state index contributed by atoms with van der Waals surface area (Å²) < 4.78 is 0. The molecule has 0 unspecified atom stereocenters. The quantitative estimate of drug-likeness (QED) is 0.555. The third-order valence-corrected chi connectivity index (χ3v) is 1.43. The Balaban J connectivity index is 2.43. The van der Waals surface area contributed by atoms with Crippen molar-refractivity contribution in [2.24, 2.45) is 10.7 Å². The maximum Gasteiger partial charge on any atom is 0.191 e. The van der Waals surface area contributed by atoms with E-state index in [9.17, 15) is 0 Å². The molecule has 0 atom stereocenters. The van der Waals surface area contributed by atoms with E-state index >= 15 is 0 Å². The largest absolute Gasteiger partial charge is 0.370 e. The SMILES string of the molecule is C=C(C)CN1CCN=C1N. The van der Waals surface area contributed by atoms with Crippen molar-refractivity contribution in [2.45, 2.75) is 6.92 Å². The van der Waals surface area contributed by atoms with Crippen molar-refractivity contribution in [1.82, 2.24) is 4.90 Å². The molecule has 2 N–H and O–H groups in total. The molecule has 0 aromatic heterocycles. The van der Waals surface area contributed by atoms with Gasteiger partial charge in [-0.25, -0.2) is 0 Å². The van der Waals surface area contributed by atoms with Gasteiger partial charge in [0.2, 0.25) is 0 Å². The molecule has 3 heteroatoms. The average molecular weight is 139 g/mol. The van der Waals surface area contributed by atoms with Crippen molar-refractivity contribution in [3.63, 3.8) is 0 Å². The molecule has 0 spiro atoms. The lowest BCUT2D eigenvalue weighted by Crippen LogP contribution is -2.34. The zero-order chi connectivity index (χ0) is 7.56. The Labute approximate surface area is 61.2 Å². The summed E-state index contributed by atoms with van der Waals surface area (Å²) in [5, 5.41) is 0. The summed E-state index contributed by atoms with van der Waals surface area (Å²) in [7, 11) is 0. The minimum absolute atomic E-state index is 0.656. The van der Waals surface area contributed by atoms with Crippen LogP contribution >= 0.6 is 0 Å². The number of hydrogen-bond acceptors (Lipinski definition) is 3. The fourth-order valence-electron chi connectivity index (χ4n) is 0.986. The molecule has 1 aliphatic heterocycles. The van der Waals surface area contributed by atoms with Gasteiger partial charge in [0.25, 0.3) is 0 Å². The van der Waals surface area contributed by atoms with Gasteiger partial charge in [-0.05, 0) is 6.92 Å². The van der Waals surface area contributed by atoms with Crippen molar-refractivity contribution in [3.8, 4) is 0 Å². The van der Waals surface area contributed by atoms with Crippen LogP contribution < -0.4 is 5.73 Å². The van der Waals surface area contributed by atoms with Crippen LogP contribution in [-0.4, -0.2) is 30.5 Å². The smallest absolute Gasteiger partial charge is 0.191 e. The highest BCUT2D eigenvalue weighted by atomic mass is 15.3. The number of nitrogens with zero attached hydrogens (tertiary/aromatic N) is 2. The lowest BCUT2D eigenvalue weighted by atomic mass is 10.3. The minimum Gasteiger partial charge on any atom is -0.370 e. The van der Waals surface area contributed by atoms with Gasteiger partial charge in [-0.1, -0.05) is 12.2 Å². The molecule has 3 nitrogen and oxygen atoms in total. The lowest BCUT2D eigenvalue weighted by molar-refractivity contribution is 0.491. The first-order chi connectivity index (χ1) is 4.70. The van der Waals surface area contributed by atoms with Crippen LogP contribution in [0.3, 0.4) is 0 Å². The Hall–Kier alpha value is -0.990. The monoisotopic (exact) mass is 139 g/mol. The molecule has 0 radical (unpaired) electrons. The van der Waals surface area contributed by atoms with Crippen LogP contribution in [0.2, 0.25) is 0 Å². The Bertz CT molecular complexity index is 172. The molecule has 0 aromatic rings. The van der Waals surface area contributed by atoms with Crippen molar-refractivity contribution < 1.29 is 0 Å². The van der Waals surface area contributed by atoms with E-state index in [1.807, 2.05) is 11.8 Å². The van der Waals surface area contributed by atoms with Gasteiger partial charge in [0, 0.05) is 13.1 Å². The highest BCUT2D eigenvalue weighted by Crippen LogP contribution is 2.00. The Morgan fingerprint density at radius 3 is 3.00 bits per heavy atom. The van der Waals surface area contributed by atoms with Crippen LogP contribution in [0.1, 0.15) is 6.92 Å². The molecule has 0 aromatic carbocycles. The number of nitrogens with two attached hydrogens (primary N) is 1. The normalized spacial score (nSPS) is 17.3. The number of hydrogen-bond donors (Lipinski definition) is 1. The van der Waals surface area contributed by atoms with Gasteiger partial charge in [-0.2, -0.15) is 0 Å². The summed E-state index contributed by atoms with van der Waals surface area (Å²) in [6, 6.07) is 0. The average Bonchev–Trinajstić information content (AvgIpc) is 2.15. The fraction of sp³-hybridized carbons (Fsp3) is 0.571. The first-order valence-corrected chi connectivity index (χ1v) is 3.39. The summed E-state index contributed by atoms with van der Waals surface area (Å²) in [5.41, 5.74) is 6.69. The van der Waals surface area contributed by atoms with Gasteiger partial charge in [0.15, 0.2) is 5.96 Å². The minimum atomic E-state index is 0.656. The maximum absolute atomic E-state index is 5.56. The Kier molecular flexibility index (Phi) is 1.94. The van der Waals surface area contributed by atoms with Gasteiger partial charge in [0.1, 0.15) is 0 Å². The number of aliphatic imine (C=N–C) groups is 1. The topological polar surface area (TPSA) is 41.6 Å². The van der Waals surface area contributed by atoms with E-state index in [1.54, 1.807) is 0 Å². The van der Waals surface area contributed by atoms with Crippen LogP contribution in [0.15, 0.2) is 17.1 Å². The Morgan fingerprint density at radius 2 is 2.60 bits per heavy atom. The molecular formula is C7H13N3. The van der Waals surface area contributed by atoms with Crippen molar-refractivity contribution in [3.05, 3.63) is 12.2 Å². The predicted molar refractivity (Wildman–Crippen MR) is 42.9 cm³/mol. The zero-order valence-corrected chi connectivity index (χ0v) is 6.30. The van der Waals surface area contributed by atoms with Gasteiger partial charge in [-0.15, -0.1) is 0 Å². The lowest BCUT2D eigenvalue weighted by Gasteiger charge is -2.16. The molecule has 0 saturated heterocycles. The van der Waals surface area contributed by atoms with Crippen LogP contribution in [0.5, 0.6) is 0 Å². The number of rotatable bonds is 2. The zero-order valence-electron chi connectivity index (χ0n) is 6.30. The summed E-state index contributed by atoms with van der Waals surface area (Å²) >= 11 is 0. The summed E-state index contributed by atoms with van der Waals surface area (Å²) in [6.45, 7) is 8.41. The first kappa shape index (κ1) is 7.12. The highest BCUT2D eigenvalue weighted by Gasteiger charge is 2.11. The molecular weight excluding hydrogens is 126 g/mol. The van der Waals surface area contributed by atoms with E-state index in [4.69, 9.17) is 5.73 Å². The standard InChI is InChI=1S/C7H13N3/c1-6(2)5-10-4-3-9-7(10)8/h1,3-5H2,2H3,(H2,8,9). The molecule has 0 aliphatic carbocycles. The molecule has 0 bridgehead atoms. The van der Waals surface area contributed by atoms with E-state index in [0.717, 1.165) is 25.2 Å². The summed E-state index contributed by atoms with van der Waals surface area (Å²) in [5.74, 6) is 0.656. The molecule has 1 rings (SSSR count). The van der Waals surface area contributed by atoms with Crippen molar-refractivity contribution in [2.75, 3.05) is 19.6 Å². The molecule has 1 aliphatic rings. The van der Waals surface area contributed by atoms with Crippen LogP contribution in [0.4, 0.5) is 0 Å². The third kappa shape index (κ3) is 1.50. The molecule has 0 saturated carbocycles. The van der Waals surface area contributed by atoms with E-state index in [1.165, 1.54) is 0 Å². The van der Waals surface area contributed by atoms with Crippen molar-refractivity contribution >= 4 is 5.96 Å². The predicted octanol–water partition coefficient (Wildman–Crippen LogP) is 0.193. The molecule has 56 valence electrons. The van der Waals surface area contributed by atoms with E-state index in [-0.39, 0.29) is 0 Å². The maximum atomic E-state index is 5.56. The van der Waals surface area contributed by atoms with E-state index in [0.29, 0.717) is 5.96 Å². The van der Waals surface area contributed by atoms with Crippen LogP contribution in [0, 0.1) is 0 Å². The molecule has 1 heterocycles. The van der Waals surface area contributed by atoms with Gasteiger partial charge in [-0.3, -0.25) is 4.99 Å². The fourth-order valence-corrected chi connectivity index (χ4v) is 0.986. The Morgan fingerprint density at radius 1 is 1.90 bits per heavy atom. The van der Waals surface area contributed by atoms with E-state index < -0.39 is 0 Å². The molecule has 10 heavy (non-hydrogen) atoms. The summed E-state index contributed by atoms with van der Waals surface area (Å²) in [6.07, 6.45) is 0. The van der Waals surface area contributed by atoms with Crippen LogP contribution in [0.25, 0.3) is 0 Å². The first-order valence-electron chi connectivity index (χ1n) is 3.39. The molecule has 0 amide bonds. The van der Waals surface area contributed by atoms with Gasteiger partial charge >= 0.3 is 0 Å². The summed E-state index contributed by atoms with van der Waals surface area (Å²) in [4.78, 5) is 6.08. The van der Waals surface area contributed by atoms with Crippen LogP contribution in [-0.2, 0) is 0 Å². The van der Waals surface area contributed by atoms with E-state index in [2.05, 4.69) is 11.6 Å². The number of guanidine groups is 1. The van der Waals surface area contributed by atoms with Crippen molar-refractivity contribution in [1.29, 1.82) is 0 Å². The molecule has 0 fully saturated rings.